The topological polar surface area (TPSA) is 37.4 Å². The Bertz CT molecular complexity index is 452. The van der Waals surface area contributed by atoms with Crippen LogP contribution in [0.15, 0.2) is 30.3 Å². The minimum Gasteiger partial charge on any atom is -0.212 e. The lowest BCUT2D eigenvalue weighted by molar-refractivity contribution is 0.373. The molecule has 1 rings (SSSR count). The van der Waals surface area contributed by atoms with E-state index in [-0.39, 0.29) is 11.2 Å². The Kier molecular flexibility index (Phi) is 4.33. The molecule has 0 fully saturated rings. The Morgan fingerprint density at radius 3 is 2.18 bits per heavy atom. The number of rotatable bonds is 5. The van der Waals surface area contributed by atoms with Crippen LogP contribution in [0, 0.1) is 0 Å². The van der Waals surface area contributed by atoms with Gasteiger partial charge in [-0.1, -0.05) is 44.2 Å². The van der Waals surface area contributed by atoms with Gasteiger partial charge in [0.25, 0.3) is 0 Å². The van der Waals surface area contributed by atoms with Crippen molar-refractivity contribution in [1.82, 2.24) is 4.31 Å². The number of benzene rings is 1. The standard InChI is InChI=1S/C13H21NO2S/c1-5-17(15,16)14(4)11-13(2,3)12-9-7-6-8-10-12/h6-10H,5,11H2,1-4H3. The largest absolute Gasteiger partial charge is 0.213 e. The molecule has 0 aliphatic carbocycles. The molecule has 0 radical (unpaired) electrons. The molecule has 96 valence electrons. The highest BCUT2D eigenvalue weighted by Crippen LogP contribution is 2.24. The second-order valence-corrected chi connectivity index (χ2v) is 7.27. The fourth-order valence-electron chi connectivity index (χ4n) is 1.86. The van der Waals surface area contributed by atoms with E-state index >= 15 is 0 Å². The molecular formula is C13H21NO2S. The first kappa shape index (κ1) is 14.2. The van der Waals surface area contributed by atoms with Gasteiger partial charge in [-0.25, -0.2) is 12.7 Å². The second-order valence-electron chi connectivity index (χ2n) is 4.91. The van der Waals surface area contributed by atoms with Gasteiger partial charge in [-0.3, -0.25) is 0 Å². The Morgan fingerprint density at radius 2 is 1.71 bits per heavy atom. The first-order chi connectivity index (χ1) is 7.79. The van der Waals surface area contributed by atoms with E-state index < -0.39 is 10.0 Å². The Balaban J connectivity index is 2.88. The summed E-state index contributed by atoms with van der Waals surface area (Å²) >= 11 is 0. The number of hydrogen-bond acceptors (Lipinski definition) is 2. The normalized spacial score (nSPS) is 13.0. The molecule has 17 heavy (non-hydrogen) atoms. The van der Waals surface area contributed by atoms with E-state index in [1.54, 1.807) is 14.0 Å². The Labute approximate surface area is 105 Å². The zero-order valence-electron chi connectivity index (χ0n) is 11.0. The summed E-state index contributed by atoms with van der Waals surface area (Å²) in [5.74, 6) is 0.147. The van der Waals surface area contributed by atoms with Crippen molar-refractivity contribution in [2.45, 2.75) is 26.2 Å². The van der Waals surface area contributed by atoms with Crippen molar-refractivity contribution in [3.63, 3.8) is 0 Å². The van der Waals surface area contributed by atoms with Crippen molar-refractivity contribution in [2.75, 3.05) is 19.3 Å². The molecule has 1 aromatic carbocycles. The highest BCUT2D eigenvalue weighted by molar-refractivity contribution is 7.89. The van der Waals surface area contributed by atoms with Crippen molar-refractivity contribution in [2.24, 2.45) is 0 Å². The van der Waals surface area contributed by atoms with Crippen molar-refractivity contribution in [1.29, 1.82) is 0 Å². The van der Waals surface area contributed by atoms with E-state index in [9.17, 15) is 8.42 Å². The van der Waals surface area contributed by atoms with Gasteiger partial charge in [-0.15, -0.1) is 0 Å². The lowest BCUT2D eigenvalue weighted by atomic mass is 9.85. The van der Waals surface area contributed by atoms with Gasteiger partial charge in [0.15, 0.2) is 0 Å². The summed E-state index contributed by atoms with van der Waals surface area (Å²) in [6.45, 7) is 6.28. The molecular weight excluding hydrogens is 234 g/mol. The van der Waals surface area contributed by atoms with Crippen LogP contribution in [0.3, 0.4) is 0 Å². The molecule has 0 amide bonds. The van der Waals surface area contributed by atoms with E-state index in [0.29, 0.717) is 6.54 Å². The molecule has 0 aromatic heterocycles. The fraction of sp³-hybridized carbons (Fsp3) is 0.538. The molecule has 1 aromatic rings. The third-order valence-electron chi connectivity index (χ3n) is 3.01. The van der Waals surface area contributed by atoms with Crippen LogP contribution in [-0.2, 0) is 15.4 Å². The van der Waals surface area contributed by atoms with Gasteiger partial charge >= 0.3 is 0 Å². The van der Waals surface area contributed by atoms with Crippen LogP contribution in [0.2, 0.25) is 0 Å². The van der Waals surface area contributed by atoms with Crippen LogP contribution >= 0.6 is 0 Å². The maximum Gasteiger partial charge on any atom is 0.213 e. The maximum atomic E-state index is 11.7. The van der Waals surface area contributed by atoms with E-state index in [0.717, 1.165) is 5.56 Å². The predicted octanol–water partition coefficient (Wildman–Crippen LogP) is 2.25. The van der Waals surface area contributed by atoms with Crippen molar-refractivity contribution in [3.05, 3.63) is 35.9 Å². The minimum absolute atomic E-state index is 0.147. The van der Waals surface area contributed by atoms with Crippen LogP contribution in [0.1, 0.15) is 26.3 Å². The van der Waals surface area contributed by atoms with Crippen molar-refractivity contribution < 1.29 is 8.42 Å². The van der Waals surface area contributed by atoms with Crippen LogP contribution in [0.5, 0.6) is 0 Å². The molecule has 0 unspecified atom stereocenters. The average molecular weight is 255 g/mol. The predicted molar refractivity (Wildman–Crippen MR) is 71.6 cm³/mol. The smallest absolute Gasteiger partial charge is 0.212 e. The van der Waals surface area contributed by atoms with Crippen LogP contribution in [-0.4, -0.2) is 32.1 Å². The summed E-state index contributed by atoms with van der Waals surface area (Å²) < 4.78 is 24.9. The zero-order chi connectivity index (χ0) is 13.1. The van der Waals surface area contributed by atoms with Gasteiger partial charge < -0.3 is 0 Å². The Hall–Kier alpha value is -0.870. The van der Waals surface area contributed by atoms with Gasteiger partial charge in [-0.05, 0) is 12.5 Å². The highest BCUT2D eigenvalue weighted by Gasteiger charge is 2.26. The van der Waals surface area contributed by atoms with Gasteiger partial charge in [0.1, 0.15) is 0 Å². The molecule has 0 aliphatic rings. The first-order valence-corrected chi connectivity index (χ1v) is 7.40. The molecule has 0 bridgehead atoms. The number of hydrogen-bond donors (Lipinski definition) is 0. The second kappa shape index (κ2) is 5.19. The third kappa shape index (κ3) is 3.54. The SMILES string of the molecule is CCS(=O)(=O)N(C)CC(C)(C)c1ccccc1. The summed E-state index contributed by atoms with van der Waals surface area (Å²) in [6.07, 6.45) is 0. The summed E-state index contributed by atoms with van der Waals surface area (Å²) in [4.78, 5) is 0. The summed E-state index contributed by atoms with van der Waals surface area (Å²) in [5, 5.41) is 0. The minimum atomic E-state index is -3.11. The lowest BCUT2D eigenvalue weighted by Crippen LogP contribution is -2.38. The molecule has 0 N–H and O–H groups in total. The number of likely N-dealkylation sites (N-methyl/N-ethyl adjacent to an activating group) is 1. The summed E-state index contributed by atoms with van der Waals surface area (Å²) in [5.41, 5.74) is 0.969. The molecule has 3 nitrogen and oxygen atoms in total. The van der Waals surface area contributed by atoms with E-state index in [4.69, 9.17) is 0 Å². The first-order valence-electron chi connectivity index (χ1n) is 5.79. The monoisotopic (exact) mass is 255 g/mol. The summed E-state index contributed by atoms with van der Waals surface area (Å²) in [7, 11) is -1.46. The molecule has 0 heterocycles. The number of nitrogens with zero attached hydrogens (tertiary/aromatic N) is 1. The molecule has 4 heteroatoms. The van der Waals surface area contributed by atoms with Crippen molar-refractivity contribution in [3.8, 4) is 0 Å². The lowest BCUT2D eigenvalue weighted by Gasteiger charge is -2.30. The van der Waals surface area contributed by atoms with Crippen LogP contribution in [0.25, 0.3) is 0 Å². The van der Waals surface area contributed by atoms with Gasteiger partial charge in [0.05, 0.1) is 5.75 Å². The maximum absolute atomic E-state index is 11.7. The molecule has 0 spiro atoms. The quantitative estimate of drug-likeness (QED) is 0.809. The average Bonchev–Trinajstić information content (AvgIpc) is 2.29. The van der Waals surface area contributed by atoms with E-state index in [1.807, 2.05) is 30.3 Å². The Morgan fingerprint density at radius 1 is 1.18 bits per heavy atom. The van der Waals surface area contributed by atoms with Gasteiger partial charge in [0.2, 0.25) is 10.0 Å². The molecule has 0 saturated carbocycles. The third-order valence-corrected chi connectivity index (χ3v) is 4.82. The zero-order valence-corrected chi connectivity index (χ0v) is 11.8. The molecule has 0 saturated heterocycles. The molecule has 0 atom stereocenters. The van der Waals surface area contributed by atoms with E-state index in [1.165, 1.54) is 4.31 Å². The fourth-order valence-corrected chi connectivity index (χ4v) is 2.82. The van der Waals surface area contributed by atoms with Crippen molar-refractivity contribution >= 4 is 10.0 Å². The van der Waals surface area contributed by atoms with Crippen LogP contribution < -0.4 is 0 Å². The van der Waals surface area contributed by atoms with E-state index in [2.05, 4.69) is 13.8 Å². The van der Waals surface area contributed by atoms with Gasteiger partial charge in [0, 0.05) is 19.0 Å². The summed E-state index contributed by atoms with van der Waals surface area (Å²) in [6, 6.07) is 9.99. The highest BCUT2D eigenvalue weighted by atomic mass is 32.2. The number of sulfonamides is 1. The van der Waals surface area contributed by atoms with Crippen LogP contribution in [0.4, 0.5) is 0 Å². The molecule has 0 aliphatic heterocycles. The van der Waals surface area contributed by atoms with Gasteiger partial charge in [-0.2, -0.15) is 0 Å².